The van der Waals surface area contributed by atoms with E-state index in [-0.39, 0.29) is 17.1 Å². The highest BCUT2D eigenvalue weighted by atomic mass is 32.1. The third-order valence-electron chi connectivity index (χ3n) is 2.56. The maximum atomic E-state index is 11.8. The monoisotopic (exact) mass is 285 g/mol. The van der Waals surface area contributed by atoms with Crippen LogP contribution in [-0.4, -0.2) is 41.5 Å². The van der Waals surface area contributed by atoms with Crippen molar-refractivity contribution in [2.24, 2.45) is 5.73 Å². The number of urea groups is 1. The van der Waals surface area contributed by atoms with Crippen LogP contribution in [0.15, 0.2) is 0 Å². The van der Waals surface area contributed by atoms with Crippen molar-refractivity contribution < 1.29 is 19.5 Å². The number of nitrogens with two attached hydrogens (primary N) is 1. The van der Waals surface area contributed by atoms with Crippen LogP contribution in [-0.2, 0) is 4.79 Å². The van der Waals surface area contributed by atoms with Gasteiger partial charge in [0.2, 0.25) is 5.91 Å². The van der Waals surface area contributed by atoms with Gasteiger partial charge in [-0.3, -0.25) is 10.1 Å². The fourth-order valence-electron chi connectivity index (χ4n) is 1.47. The number of aryl methyl sites for hydroxylation is 1. The Labute approximate surface area is 114 Å². The highest BCUT2D eigenvalue weighted by molar-refractivity contribution is 7.16. The molecule has 0 spiro atoms. The van der Waals surface area contributed by atoms with Crippen molar-refractivity contribution in [1.29, 1.82) is 0 Å². The number of hydrogen-bond donors (Lipinski definition) is 3. The second-order valence-electron chi connectivity index (χ2n) is 4.05. The molecule has 1 aromatic rings. The Hall–Kier alpha value is -2.09. The molecule has 7 nitrogen and oxygen atoms in total. The summed E-state index contributed by atoms with van der Waals surface area (Å²) in [5.41, 5.74) is 5.67. The van der Waals surface area contributed by atoms with Crippen molar-refractivity contribution in [2.45, 2.75) is 13.8 Å². The number of hydrogen-bond acceptors (Lipinski definition) is 4. The van der Waals surface area contributed by atoms with Crippen molar-refractivity contribution in [1.82, 2.24) is 4.90 Å². The van der Waals surface area contributed by atoms with Crippen molar-refractivity contribution in [2.75, 3.05) is 18.9 Å². The minimum atomic E-state index is -1.10. The SMILES string of the molecule is Cc1sc(NC(=O)N(C)CC(N)=O)c(C(=O)O)c1C. The standard InChI is InChI=1S/C11H15N3O4S/c1-5-6(2)19-9(8(5)10(16)17)13-11(18)14(3)4-7(12)15/h4H2,1-3H3,(H2,12,15)(H,13,18)(H,16,17). The quantitative estimate of drug-likeness (QED) is 0.766. The van der Waals surface area contributed by atoms with Crippen molar-refractivity contribution in [3.05, 3.63) is 16.0 Å². The Morgan fingerprint density at radius 3 is 2.42 bits per heavy atom. The van der Waals surface area contributed by atoms with Crippen LogP contribution >= 0.6 is 11.3 Å². The van der Waals surface area contributed by atoms with Gasteiger partial charge in [0.25, 0.3) is 0 Å². The lowest BCUT2D eigenvalue weighted by molar-refractivity contribution is -0.118. The number of nitrogens with zero attached hydrogens (tertiary/aromatic N) is 1. The number of likely N-dealkylation sites (N-methyl/N-ethyl adjacent to an activating group) is 1. The van der Waals surface area contributed by atoms with Crippen LogP contribution in [0.5, 0.6) is 0 Å². The van der Waals surface area contributed by atoms with Gasteiger partial charge in [-0.25, -0.2) is 9.59 Å². The summed E-state index contributed by atoms with van der Waals surface area (Å²) in [6.45, 7) is 3.21. The molecule has 19 heavy (non-hydrogen) atoms. The van der Waals surface area contributed by atoms with E-state index in [1.165, 1.54) is 18.4 Å². The van der Waals surface area contributed by atoms with Crippen LogP contribution in [0.1, 0.15) is 20.8 Å². The normalized spacial score (nSPS) is 10.1. The summed E-state index contributed by atoms with van der Waals surface area (Å²) in [6, 6.07) is -0.581. The van der Waals surface area contributed by atoms with E-state index < -0.39 is 17.9 Å². The van der Waals surface area contributed by atoms with Gasteiger partial charge in [0, 0.05) is 11.9 Å². The zero-order valence-electron chi connectivity index (χ0n) is 10.8. The molecule has 0 fully saturated rings. The van der Waals surface area contributed by atoms with E-state index in [0.717, 1.165) is 9.78 Å². The topological polar surface area (TPSA) is 113 Å². The first-order valence-corrected chi connectivity index (χ1v) is 6.19. The van der Waals surface area contributed by atoms with E-state index in [2.05, 4.69) is 5.32 Å². The zero-order chi connectivity index (χ0) is 14.7. The lowest BCUT2D eigenvalue weighted by atomic mass is 10.1. The smallest absolute Gasteiger partial charge is 0.338 e. The van der Waals surface area contributed by atoms with Gasteiger partial charge in [-0.15, -0.1) is 11.3 Å². The summed E-state index contributed by atoms with van der Waals surface area (Å²) >= 11 is 1.18. The van der Waals surface area contributed by atoms with Gasteiger partial charge in [0.15, 0.2) is 0 Å². The lowest BCUT2D eigenvalue weighted by Crippen LogP contribution is -2.38. The first-order valence-electron chi connectivity index (χ1n) is 5.37. The molecule has 0 aromatic carbocycles. The van der Waals surface area contributed by atoms with E-state index in [4.69, 9.17) is 10.8 Å². The highest BCUT2D eigenvalue weighted by Crippen LogP contribution is 2.32. The van der Waals surface area contributed by atoms with E-state index in [1.807, 2.05) is 0 Å². The average Bonchev–Trinajstić information content (AvgIpc) is 2.53. The van der Waals surface area contributed by atoms with Gasteiger partial charge >= 0.3 is 12.0 Å². The number of primary amides is 1. The number of thiophene rings is 1. The molecule has 0 aliphatic heterocycles. The number of aromatic carboxylic acids is 1. The van der Waals surface area contributed by atoms with Gasteiger partial charge in [-0.1, -0.05) is 0 Å². The van der Waals surface area contributed by atoms with Crippen LogP contribution in [0.4, 0.5) is 9.80 Å². The van der Waals surface area contributed by atoms with Gasteiger partial charge in [0.1, 0.15) is 11.5 Å². The minimum Gasteiger partial charge on any atom is -0.478 e. The number of amides is 3. The molecule has 3 amide bonds. The molecule has 1 rings (SSSR count). The summed E-state index contributed by atoms with van der Waals surface area (Å²) in [7, 11) is 1.40. The van der Waals surface area contributed by atoms with Crippen LogP contribution in [0, 0.1) is 13.8 Å². The second kappa shape index (κ2) is 5.70. The molecular weight excluding hydrogens is 270 g/mol. The fraction of sp³-hybridized carbons (Fsp3) is 0.364. The molecule has 104 valence electrons. The Bertz CT molecular complexity index is 538. The molecule has 0 unspecified atom stereocenters. The molecule has 0 atom stereocenters. The number of carbonyl (C=O) groups is 3. The summed E-state index contributed by atoms with van der Waals surface area (Å²) in [6.07, 6.45) is 0. The summed E-state index contributed by atoms with van der Waals surface area (Å²) in [4.78, 5) is 35.5. The minimum absolute atomic E-state index is 0.0725. The zero-order valence-corrected chi connectivity index (χ0v) is 11.6. The number of anilines is 1. The Kier molecular flexibility index (Phi) is 4.49. The fourth-order valence-corrected chi connectivity index (χ4v) is 2.51. The van der Waals surface area contributed by atoms with Gasteiger partial charge in [-0.2, -0.15) is 0 Å². The second-order valence-corrected chi connectivity index (χ2v) is 5.27. The Morgan fingerprint density at radius 1 is 1.37 bits per heavy atom. The van der Waals surface area contributed by atoms with Gasteiger partial charge in [-0.05, 0) is 19.4 Å². The highest BCUT2D eigenvalue weighted by Gasteiger charge is 2.21. The Balaban J connectivity index is 2.94. The van der Waals surface area contributed by atoms with E-state index >= 15 is 0 Å². The molecule has 1 aromatic heterocycles. The van der Waals surface area contributed by atoms with Crippen LogP contribution < -0.4 is 11.1 Å². The molecule has 0 saturated heterocycles. The number of carboxylic acids is 1. The van der Waals surface area contributed by atoms with Crippen LogP contribution in [0.3, 0.4) is 0 Å². The van der Waals surface area contributed by atoms with Crippen molar-refractivity contribution in [3.63, 3.8) is 0 Å². The molecule has 4 N–H and O–H groups in total. The van der Waals surface area contributed by atoms with Gasteiger partial charge < -0.3 is 15.7 Å². The number of carbonyl (C=O) groups excluding carboxylic acids is 2. The average molecular weight is 285 g/mol. The van der Waals surface area contributed by atoms with Crippen molar-refractivity contribution in [3.8, 4) is 0 Å². The summed E-state index contributed by atoms with van der Waals surface area (Å²) < 4.78 is 0. The molecule has 0 aliphatic carbocycles. The third-order valence-corrected chi connectivity index (χ3v) is 3.68. The first-order chi connectivity index (χ1) is 8.73. The van der Waals surface area contributed by atoms with Gasteiger partial charge in [0.05, 0.1) is 5.56 Å². The molecule has 0 aliphatic rings. The molecule has 1 heterocycles. The molecule has 8 heteroatoms. The van der Waals surface area contributed by atoms with Crippen molar-refractivity contribution >= 4 is 34.2 Å². The maximum Gasteiger partial charge on any atom is 0.338 e. The Morgan fingerprint density at radius 2 is 1.95 bits per heavy atom. The largest absolute Gasteiger partial charge is 0.478 e. The maximum absolute atomic E-state index is 11.8. The lowest BCUT2D eigenvalue weighted by Gasteiger charge is -2.15. The summed E-state index contributed by atoms with van der Waals surface area (Å²) in [5, 5.41) is 11.9. The molecule has 0 bridgehead atoms. The van der Waals surface area contributed by atoms with Crippen LogP contribution in [0.25, 0.3) is 0 Å². The number of rotatable bonds is 4. The summed E-state index contributed by atoms with van der Waals surface area (Å²) in [5.74, 6) is -1.75. The van der Waals surface area contributed by atoms with E-state index in [9.17, 15) is 14.4 Å². The predicted octanol–water partition coefficient (Wildman–Crippen LogP) is 1.01. The van der Waals surface area contributed by atoms with Crippen LogP contribution in [0.2, 0.25) is 0 Å². The molecular formula is C11H15N3O4S. The predicted molar refractivity (Wildman–Crippen MR) is 71.6 cm³/mol. The number of nitrogens with one attached hydrogen (secondary N) is 1. The molecule has 0 saturated carbocycles. The van der Waals surface area contributed by atoms with E-state index in [1.54, 1.807) is 13.8 Å². The third kappa shape index (κ3) is 3.44. The number of carboxylic acid groups (broad SMARTS) is 1. The van der Waals surface area contributed by atoms with E-state index in [0.29, 0.717) is 5.56 Å². The first kappa shape index (κ1) is 15.0. The molecule has 0 radical (unpaired) electrons.